The van der Waals surface area contributed by atoms with Gasteiger partial charge in [-0.3, -0.25) is 9.13 Å². The molecule has 1 rings (SSSR count). The Labute approximate surface area is 110 Å². The first-order chi connectivity index (χ1) is 8.64. The van der Waals surface area contributed by atoms with Crippen LogP contribution in [0.25, 0.3) is 0 Å². The second kappa shape index (κ2) is 4.78. The van der Waals surface area contributed by atoms with E-state index in [-0.39, 0.29) is 0 Å². The molecule has 1 fully saturated rings. The fourth-order valence-corrected chi connectivity index (χ4v) is 4.96. The Balaban J connectivity index is 3.74. The molecule has 0 aromatic carbocycles. The summed E-state index contributed by atoms with van der Waals surface area (Å²) in [4.78, 5) is 35.9. The number of aliphatic hydroxyl groups is 6. The van der Waals surface area contributed by atoms with E-state index < -0.39 is 50.3 Å². The topological polar surface area (TPSA) is 236 Å². The summed E-state index contributed by atoms with van der Waals surface area (Å²) >= 11 is 0. The van der Waals surface area contributed by atoms with E-state index in [1.807, 2.05) is 0 Å². The molecule has 120 valence electrons. The number of hydrogen-bond donors (Lipinski definition) is 10. The van der Waals surface area contributed by atoms with Gasteiger partial charge in [-0.15, -0.1) is 0 Å². The van der Waals surface area contributed by atoms with Gasteiger partial charge in [0.2, 0.25) is 10.7 Å². The minimum Gasteiger partial charge on any atom is -0.387 e. The molecule has 1 saturated carbocycles. The fraction of sp³-hybridized carbons (Fsp3) is 1.00. The van der Waals surface area contributed by atoms with Crippen LogP contribution in [0.2, 0.25) is 0 Å². The Hall–Kier alpha value is 0.0600. The maximum Gasteiger partial charge on any atom is 0.363 e. The summed E-state index contributed by atoms with van der Waals surface area (Å²) < 4.78 is 22.5. The maximum absolute atomic E-state index is 11.3. The molecule has 0 radical (unpaired) electrons. The lowest BCUT2D eigenvalue weighted by Crippen LogP contribution is -2.76. The second-order valence-corrected chi connectivity index (χ2v) is 7.95. The van der Waals surface area contributed by atoms with Crippen molar-refractivity contribution < 1.29 is 59.3 Å². The van der Waals surface area contributed by atoms with E-state index >= 15 is 0 Å². The van der Waals surface area contributed by atoms with Crippen molar-refractivity contribution >= 4 is 15.2 Å². The van der Waals surface area contributed by atoms with Gasteiger partial charge in [-0.2, -0.15) is 0 Å². The molecule has 10 N–H and O–H groups in total. The third-order valence-electron chi connectivity index (χ3n) is 3.25. The Morgan fingerprint density at radius 3 is 1.00 bits per heavy atom. The van der Waals surface area contributed by atoms with Crippen LogP contribution in [0.4, 0.5) is 0 Å². The Bertz CT molecular complexity index is 438. The summed E-state index contributed by atoms with van der Waals surface area (Å²) in [5.74, 6) is 0. The summed E-state index contributed by atoms with van der Waals surface area (Å²) in [5, 5.41) is 48.5. The average Bonchev–Trinajstić information content (AvgIpc) is 2.28. The molecule has 20 heavy (non-hydrogen) atoms. The summed E-state index contributed by atoms with van der Waals surface area (Å²) in [6.45, 7) is 0. The minimum atomic E-state index is -6.10. The van der Waals surface area contributed by atoms with Crippen LogP contribution in [0.3, 0.4) is 0 Å². The van der Waals surface area contributed by atoms with E-state index in [0.29, 0.717) is 0 Å². The molecule has 1 aliphatic rings. The SMILES string of the molecule is O=P(O)(O)[C@@]1(O)[C@H](O)[C@@H](O)[C@H](O)[C@@H](O)[C@@]1(O)P(=O)(O)O. The van der Waals surface area contributed by atoms with Gasteiger partial charge in [0.25, 0.3) is 0 Å². The van der Waals surface area contributed by atoms with Crippen molar-refractivity contribution in [3.05, 3.63) is 0 Å². The van der Waals surface area contributed by atoms with Crippen molar-refractivity contribution in [1.29, 1.82) is 0 Å². The highest BCUT2D eigenvalue weighted by Crippen LogP contribution is 2.69. The van der Waals surface area contributed by atoms with Crippen LogP contribution in [0, 0.1) is 0 Å². The van der Waals surface area contributed by atoms with Crippen molar-refractivity contribution in [2.24, 2.45) is 0 Å². The Morgan fingerprint density at radius 1 is 0.650 bits per heavy atom. The lowest BCUT2D eigenvalue weighted by molar-refractivity contribution is -0.264. The molecule has 0 aliphatic heterocycles. The van der Waals surface area contributed by atoms with E-state index in [2.05, 4.69) is 0 Å². The fourth-order valence-electron chi connectivity index (χ4n) is 2.06. The van der Waals surface area contributed by atoms with E-state index in [1.165, 1.54) is 0 Å². The minimum absolute atomic E-state index is 2.59. The molecule has 0 bridgehead atoms. The predicted molar refractivity (Wildman–Crippen MR) is 58.0 cm³/mol. The van der Waals surface area contributed by atoms with Gasteiger partial charge >= 0.3 is 15.2 Å². The third kappa shape index (κ3) is 2.02. The normalized spacial score (nSPS) is 47.3. The smallest absolute Gasteiger partial charge is 0.363 e. The van der Waals surface area contributed by atoms with Crippen LogP contribution < -0.4 is 0 Å². The molecule has 12 nitrogen and oxygen atoms in total. The maximum atomic E-state index is 11.3. The van der Waals surface area contributed by atoms with Gasteiger partial charge in [-0.25, -0.2) is 0 Å². The Kier molecular flexibility index (Phi) is 4.33. The molecule has 1 aliphatic carbocycles. The highest BCUT2D eigenvalue weighted by molar-refractivity contribution is 7.58. The molecule has 0 heterocycles. The van der Waals surface area contributed by atoms with Gasteiger partial charge in [0.15, 0.2) is 0 Å². The van der Waals surface area contributed by atoms with E-state index in [1.54, 1.807) is 0 Å². The van der Waals surface area contributed by atoms with Crippen LogP contribution in [-0.4, -0.2) is 85.3 Å². The lowest BCUT2D eigenvalue weighted by Gasteiger charge is -2.53. The van der Waals surface area contributed by atoms with Crippen LogP contribution in [0.5, 0.6) is 0 Å². The molecule has 0 aromatic rings. The first-order valence-electron chi connectivity index (χ1n) is 4.92. The van der Waals surface area contributed by atoms with Crippen LogP contribution in [0.15, 0.2) is 0 Å². The summed E-state index contributed by atoms with van der Waals surface area (Å²) in [6, 6.07) is 0. The van der Waals surface area contributed by atoms with E-state index in [4.69, 9.17) is 19.6 Å². The first-order valence-corrected chi connectivity index (χ1v) is 8.14. The van der Waals surface area contributed by atoms with Crippen molar-refractivity contribution in [2.75, 3.05) is 0 Å². The van der Waals surface area contributed by atoms with Crippen molar-refractivity contribution in [2.45, 2.75) is 35.1 Å². The average molecular weight is 340 g/mol. The van der Waals surface area contributed by atoms with Crippen LogP contribution in [-0.2, 0) is 9.13 Å². The number of aliphatic hydroxyl groups excluding tert-OH is 4. The molecule has 14 heteroatoms. The summed E-state index contributed by atoms with van der Waals surface area (Å²) in [5.41, 5.74) is 0. The van der Waals surface area contributed by atoms with Gasteiger partial charge in [0, 0.05) is 0 Å². The summed E-state index contributed by atoms with van der Waals surface area (Å²) in [6.07, 6.45) is -11.3. The van der Waals surface area contributed by atoms with Crippen LogP contribution >= 0.6 is 15.2 Å². The van der Waals surface area contributed by atoms with Crippen molar-refractivity contribution in [3.63, 3.8) is 0 Å². The van der Waals surface area contributed by atoms with Gasteiger partial charge in [0.05, 0.1) is 0 Å². The zero-order valence-electron chi connectivity index (χ0n) is 9.49. The standard InChI is InChI=1S/C6H14O12P2/c7-1-2(8)4(10)6(12,20(16,17)18)5(11,3(1)9)19(13,14)15/h1-4,7-12H,(H2,13,14,15)(H2,16,17,18)/t1-,2-,3+,4+,5-,6+/m0/s1. The summed E-state index contributed by atoms with van der Waals surface area (Å²) in [7, 11) is -12.2. The van der Waals surface area contributed by atoms with E-state index in [0.717, 1.165) is 0 Å². The van der Waals surface area contributed by atoms with Gasteiger partial charge in [-0.1, -0.05) is 0 Å². The van der Waals surface area contributed by atoms with Crippen LogP contribution in [0.1, 0.15) is 0 Å². The quantitative estimate of drug-likeness (QED) is 0.213. The number of hydrogen-bond acceptors (Lipinski definition) is 8. The zero-order chi connectivity index (χ0) is 16.3. The predicted octanol–water partition coefficient (Wildman–Crippen LogP) is -4.82. The van der Waals surface area contributed by atoms with Gasteiger partial charge in [0.1, 0.15) is 24.4 Å². The lowest BCUT2D eigenvalue weighted by atomic mass is 9.83. The highest BCUT2D eigenvalue weighted by atomic mass is 31.2. The highest BCUT2D eigenvalue weighted by Gasteiger charge is 2.80. The number of rotatable bonds is 2. The molecule has 6 atom stereocenters. The Morgan fingerprint density at radius 2 is 0.850 bits per heavy atom. The molecule has 0 amide bonds. The molecule has 0 saturated heterocycles. The monoisotopic (exact) mass is 340 g/mol. The van der Waals surface area contributed by atoms with Crippen molar-refractivity contribution in [3.8, 4) is 0 Å². The van der Waals surface area contributed by atoms with Gasteiger partial charge < -0.3 is 50.2 Å². The largest absolute Gasteiger partial charge is 0.387 e. The van der Waals surface area contributed by atoms with E-state index in [9.17, 15) is 39.8 Å². The molecular formula is C6H14O12P2. The molecular weight excluding hydrogens is 326 g/mol. The first kappa shape index (κ1) is 18.1. The van der Waals surface area contributed by atoms with Crippen molar-refractivity contribution in [1.82, 2.24) is 0 Å². The molecule has 0 unspecified atom stereocenters. The van der Waals surface area contributed by atoms with Gasteiger partial charge in [-0.05, 0) is 0 Å². The molecule has 0 spiro atoms. The zero-order valence-corrected chi connectivity index (χ0v) is 11.3. The second-order valence-electron chi connectivity index (χ2n) is 4.41. The molecule has 0 aromatic heterocycles. The third-order valence-corrected chi connectivity index (χ3v) is 6.42.